The van der Waals surface area contributed by atoms with E-state index in [2.05, 4.69) is 15.0 Å². The Morgan fingerprint density at radius 2 is 1.88 bits per heavy atom. The van der Waals surface area contributed by atoms with Crippen LogP contribution in [0, 0.1) is 13.8 Å². The van der Waals surface area contributed by atoms with Gasteiger partial charge < -0.3 is 24.3 Å². The lowest BCUT2D eigenvalue weighted by Gasteiger charge is -2.25. The molecule has 1 aliphatic heterocycles. The molecule has 4 heterocycles. The summed E-state index contributed by atoms with van der Waals surface area (Å²) in [6.45, 7) is 4.24. The molecular formula is C24H25N5O5. The molecule has 0 aromatic carbocycles. The highest BCUT2D eigenvalue weighted by Gasteiger charge is 2.46. The topological polar surface area (TPSA) is 130 Å². The molecule has 0 aliphatic carbocycles. The lowest BCUT2D eigenvalue weighted by Crippen LogP contribution is -2.31. The molecule has 3 aromatic heterocycles. The standard InChI is InChI=1S/C24H25N5O5/c1-14-17(15(2)27-19(14)24(33)34-3)21(30)18-20(16-5-7-25-8-6-16)29(23(32)22(18)31)11-4-10-28-12-9-26-13-28/h5-9,12-13,20,27,30H,4,10-11H2,1-3H3/t20-/m1/s1. The number of aryl methyl sites for hydroxylation is 2. The van der Waals surface area contributed by atoms with Crippen molar-refractivity contribution in [3.05, 3.63) is 76.9 Å². The number of rotatable bonds is 7. The number of ether oxygens (including phenoxy) is 1. The number of methoxy groups -OCH3 is 1. The van der Waals surface area contributed by atoms with Crippen LogP contribution < -0.4 is 0 Å². The minimum atomic E-state index is -0.791. The van der Waals surface area contributed by atoms with Gasteiger partial charge in [0, 0.05) is 49.1 Å². The monoisotopic (exact) mass is 463 g/mol. The van der Waals surface area contributed by atoms with Gasteiger partial charge >= 0.3 is 5.97 Å². The molecule has 3 aromatic rings. The number of likely N-dealkylation sites (tertiary alicyclic amines) is 1. The normalized spacial score (nSPS) is 17.4. The van der Waals surface area contributed by atoms with E-state index in [1.165, 1.54) is 12.0 Å². The summed E-state index contributed by atoms with van der Waals surface area (Å²) in [4.78, 5) is 50.8. The number of aliphatic hydroxyl groups excluding tert-OH is 1. The number of Topliss-reactive ketones (excluding diaryl/α,β-unsaturated/α-hetero) is 1. The van der Waals surface area contributed by atoms with Gasteiger partial charge in [0.2, 0.25) is 0 Å². The third kappa shape index (κ3) is 3.98. The van der Waals surface area contributed by atoms with Crippen molar-refractivity contribution in [2.45, 2.75) is 32.9 Å². The highest BCUT2D eigenvalue weighted by Crippen LogP contribution is 2.40. The van der Waals surface area contributed by atoms with Gasteiger partial charge in [-0.2, -0.15) is 0 Å². The lowest BCUT2D eigenvalue weighted by molar-refractivity contribution is -0.139. The first-order chi connectivity index (χ1) is 16.3. The fraction of sp³-hybridized carbons (Fsp3) is 0.292. The Balaban J connectivity index is 1.78. The molecule has 4 rings (SSSR count). The van der Waals surface area contributed by atoms with Crippen LogP contribution in [0.25, 0.3) is 5.76 Å². The Morgan fingerprint density at radius 3 is 2.53 bits per heavy atom. The number of nitrogens with zero attached hydrogens (tertiary/aromatic N) is 4. The van der Waals surface area contributed by atoms with Crippen molar-refractivity contribution in [2.75, 3.05) is 13.7 Å². The summed E-state index contributed by atoms with van der Waals surface area (Å²) in [5.41, 5.74) is 2.02. The minimum absolute atomic E-state index is 0.0274. The Bertz CT molecular complexity index is 1260. The van der Waals surface area contributed by atoms with E-state index in [0.717, 1.165) is 0 Å². The largest absolute Gasteiger partial charge is 0.507 e. The molecule has 0 unspecified atom stereocenters. The molecule has 10 heteroatoms. The van der Waals surface area contributed by atoms with E-state index in [9.17, 15) is 19.5 Å². The number of H-pyrrole nitrogens is 1. The Labute approximate surface area is 195 Å². The van der Waals surface area contributed by atoms with E-state index in [-0.39, 0.29) is 17.0 Å². The zero-order valence-corrected chi connectivity index (χ0v) is 19.1. The highest BCUT2D eigenvalue weighted by molar-refractivity contribution is 6.46. The molecule has 1 fully saturated rings. The van der Waals surface area contributed by atoms with Crippen LogP contribution in [0.4, 0.5) is 0 Å². The van der Waals surface area contributed by atoms with Gasteiger partial charge in [-0.1, -0.05) is 0 Å². The van der Waals surface area contributed by atoms with Crippen LogP contribution in [0.2, 0.25) is 0 Å². The van der Waals surface area contributed by atoms with Gasteiger partial charge in [-0.05, 0) is 43.5 Å². The molecule has 0 radical (unpaired) electrons. The zero-order chi connectivity index (χ0) is 24.4. The average Bonchev–Trinajstić information content (AvgIpc) is 3.52. The molecule has 0 bridgehead atoms. The average molecular weight is 463 g/mol. The molecular weight excluding hydrogens is 438 g/mol. The number of carbonyl (C=O) groups is 3. The van der Waals surface area contributed by atoms with E-state index >= 15 is 0 Å². The molecule has 176 valence electrons. The van der Waals surface area contributed by atoms with E-state index < -0.39 is 23.7 Å². The van der Waals surface area contributed by atoms with Gasteiger partial charge in [0.05, 0.1) is 25.1 Å². The van der Waals surface area contributed by atoms with Crippen molar-refractivity contribution in [3.63, 3.8) is 0 Å². The minimum Gasteiger partial charge on any atom is -0.507 e. The quantitative estimate of drug-likeness (QED) is 0.238. The first kappa shape index (κ1) is 23.0. The van der Waals surface area contributed by atoms with Crippen LogP contribution in [-0.4, -0.2) is 60.8 Å². The highest BCUT2D eigenvalue weighted by atomic mass is 16.5. The fourth-order valence-electron chi connectivity index (χ4n) is 4.39. The second-order valence-electron chi connectivity index (χ2n) is 8.04. The van der Waals surface area contributed by atoms with Crippen LogP contribution in [0.3, 0.4) is 0 Å². The van der Waals surface area contributed by atoms with Crippen molar-refractivity contribution >= 4 is 23.4 Å². The van der Waals surface area contributed by atoms with Crippen molar-refractivity contribution in [3.8, 4) is 0 Å². The summed E-state index contributed by atoms with van der Waals surface area (Å²) in [6, 6.07) is 2.63. The molecule has 2 N–H and O–H groups in total. The number of aliphatic hydroxyl groups is 1. The van der Waals surface area contributed by atoms with Crippen molar-refractivity contribution in [2.24, 2.45) is 0 Å². The van der Waals surface area contributed by atoms with Gasteiger partial charge in [0.1, 0.15) is 11.5 Å². The molecule has 1 aliphatic rings. The number of hydrogen-bond donors (Lipinski definition) is 2. The number of aromatic nitrogens is 4. The number of nitrogens with one attached hydrogen (secondary N) is 1. The number of esters is 1. The smallest absolute Gasteiger partial charge is 0.354 e. The number of amides is 1. The first-order valence-electron chi connectivity index (χ1n) is 10.8. The third-order valence-electron chi connectivity index (χ3n) is 6.00. The first-order valence-corrected chi connectivity index (χ1v) is 10.8. The number of hydrogen-bond acceptors (Lipinski definition) is 7. The molecule has 1 atom stereocenters. The van der Waals surface area contributed by atoms with Crippen LogP contribution in [0.15, 0.2) is 48.8 Å². The number of aromatic amines is 1. The van der Waals surface area contributed by atoms with Crippen molar-refractivity contribution < 1.29 is 24.2 Å². The molecule has 34 heavy (non-hydrogen) atoms. The summed E-state index contributed by atoms with van der Waals surface area (Å²) in [5.74, 6) is -2.39. The summed E-state index contributed by atoms with van der Waals surface area (Å²) in [6.07, 6.45) is 8.91. The predicted octanol–water partition coefficient (Wildman–Crippen LogP) is 2.52. The van der Waals surface area contributed by atoms with Gasteiger partial charge in [0.15, 0.2) is 0 Å². The maximum atomic E-state index is 13.2. The van der Waals surface area contributed by atoms with Gasteiger partial charge in [-0.15, -0.1) is 0 Å². The predicted molar refractivity (Wildman–Crippen MR) is 122 cm³/mol. The van der Waals surface area contributed by atoms with Gasteiger partial charge in [-0.3, -0.25) is 14.6 Å². The summed E-state index contributed by atoms with van der Waals surface area (Å²) < 4.78 is 6.69. The SMILES string of the molecule is COC(=O)c1[nH]c(C)c(C(O)=C2C(=O)C(=O)N(CCCn3ccnc3)[C@@H]2c2ccncc2)c1C. The molecule has 10 nitrogen and oxygen atoms in total. The lowest BCUT2D eigenvalue weighted by atomic mass is 9.94. The third-order valence-corrected chi connectivity index (χ3v) is 6.00. The number of imidazole rings is 1. The molecule has 0 spiro atoms. The van der Waals surface area contributed by atoms with Gasteiger partial charge in [0.25, 0.3) is 11.7 Å². The maximum Gasteiger partial charge on any atom is 0.354 e. The summed E-state index contributed by atoms with van der Waals surface area (Å²) in [5, 5.41) is 11.3. The van der Waals surface area contributed by atoms with Crippen LogP contribution in [0.5, 0.6) is 0 Å². The molecule has 0 saturated carbocycles. The Hall–Kier alpha value is -4.21. The van der Waals surface area contributed by atoms with Crippen molar-refractivity contribution in [1.29, 1.82) is 0 Å². The Morgan fingerprint density at radius 1 is 1.15 bits per heavy atom. The van der Waals surface area contributed by atoms with Gasteiger partial charge in [-0.25, -0.2) is 9.78 Å². The van der Waals surface area contributed by atoms with Crippen LogP contribution >= 0.6 is 0 Å². The van der Waals surface area contributed by atoms with Crippen LogP contribution in [-0.2, 0) is 20.9 Å². The molecule has 1 amide bonds. The summed E-state index contributed by atoms with van der Waals surface area (Å²) in [7, 11) is 1.26. The fourth-order valence-corrected chi connectivity index (χ4v) is 4.39. The number of carbonyl (C=O) groups excluding carboxylic acids is 3. The van der Waals surface area contributed by atoms with E-state index in [1.807, 2.05) is 10.8 Å². The second kappa shape index (κ2) is 9.34. The number of pyridine rings is 1. The Kier molecular flexibility index (Phi) is 6.31. The zero-order valence-electron chi connectivity index (χ0n) is 19.1. The van der Waals surface area contributed by atoms with E-state index in [1.54, 1.807) is 50.9 Å². The van der Waals surface area contributed by atoms with Crippen LogP contribution in [0.1, 0.15) is 45.3 Å². The maximum absolute atomic E-state index is 13.2. The number of ketones is 1. The molecule has 1 saturated heterocycles. The summed E-state index contributed by atoms with van der Waals surface area (Å²) >= 11 is 0. The van der Waals surface area contributed by atoms with E-state index in [4.69, 9.17) is 4.74 Å². The van der Waals surface area contributed by atoms with E-state index in [0.29, 0.717) is 41.9 Å². The second-order valence-corrected chi connectivity index (χ2v) is 8.04. The van der Waals surface area contributed by atoms with Crippen molar-refractivity contribution in [1.82, 2.24) is 24.4 Å².